The lowest BCUT2D eigenvalue weighted by Gasteiger charge is -2.42. The number of carbonyl (C=O) groups excluding carboxylic acids is 2. The molecule has 1 aromatic rings. The van der Waals surface area contributed by atoms with E-state index in [0.29, 0.717) is 31.1 Å². The number of hydrogen-bond donors (Lipinski definition) is 4. The predicted molar refractivity (Wildman–Crippen MR) is 181 cm³/mol. The van der Waals surface area contributed by atoms with Crippen molar-refractivity contribution < 1.29 is 22.7 Å². The van der Waals surface area contributed by atoms with E-state index in [1.54, 1.807) is 18.2 Å². The number of nitrogens with zero attached hydrogens (tertiary/aromatic N) is 1. The Labute approximate surface area is 280 Å². The monoisotopic (exact) mass is 679 g/mol. The molecule has 5 N–H and O–H groups in total. The molecule has 258 valence electrons. The molecule has 1 aliphatic carbocycles. The molecule has 2 bridgehead atoms. The van der Waals surface area contributed by atoms with Gasteiger partial charge in [-0.3, -0.25) is 9.59 Å². The molecule has 5 rings (SSSR count). The predicted octanol–water partition coefficient (Wildman–Crippen LogP) is 3.68. The first-order valence-corrected chi connectivity index (χ1v) is 19.1. The molecule has 46 heavy (non-hydrogen) atoms. The van der Waals surface area contributed by atoms with Gasteiger partial charge in [-0.15, -0.1) is 0 Å². The van der Waals surface area contributed by atoms with Gasteiger partial charge in [0.2, 0.25) is 21.8 Å². The van der Waals surface area contributed by atoms with Crippen molar-refractivity contribution in [3.63, 3.8) is 0 Å². The molecule has 10 nitrogen and oxygen atoms in total. The normalized spacial score (nSPS) is 32.1. The number of rotatable bonds is 10. The van der Waals surface area contributed by atoms with Crippen LogP contribution in [0.3, 0.4) is 0 Å². The van der Waals surface area contributed by atoms with Gasteiger partial charge in [0.1, 0.15) is 6.04 Å². The maximum absolute atomic E-state index is 14.4. The Balaban J connectivity index is 1.35. The Morgan fingerprint density at radius 2 is 1.87 bits per heavy atom. The molecule has 4 aliphatic rings. The van der Waals surface area contributed by atoms with Crippen LogP contribution in [0.25, 0.3) is 0 Å². The largest absolute Gasteiger partial charge is 0.376 e. The minimum atomic E-state index is -3.26. The van der Waals surface area contributed by atoms with Crippen molar-refractivity contribution in [3.8, 4) is 0 Å². The summed E-state index contributed by atoms with van der Waals surface area (Å²) in [6, 6.07) is 6.82. The van der Waals surface area contributed by atoms with Gasteiger partial charge in [-0.1, -0.05) is 30.2 Å². The van der Waals surface area contributed by atoms with Crippen LogP contribution in [0.2, 0.25) is 5.02 Å². The van der Waals surface area contributed by atoms with Crippen molar-refractivity contribution in [3.05, 3.63) is 34.9 Å². The van der Waals surface area contributed by atoms with Gasteiger partial charge in [-0.25, -0.2) is 8.42 Å². The lowest BCUT2D eigenvalue weighted by Crippen LogP contribution is -2.60. The molecule has 0 aromatic heterocycles. The van der Waals surface area contributed by atoms with E-state index in [1.165, 1.54) is 0 Å². The highest BCUT2D eigenvalue weighted by Gasteiger charge is 2.44. The molecule has 1 aromatic carbocycles. The Bertz CT molecular complexity index is 1330. The second kappa shape index (κ2) is 14.4. The molecule has 8 atom stereocenters. The van der Waals surface area contributed by atoms with Gasteiger partial charge in [0, 0.05) is 48.8 Å². The van der Waals surface area contributed by atoms with Crippen molar-refractivity contribution in [2.45, 2.75) is 127 Å². The van der Waals surface area contributed by atoms with Crippen molar-refractivity contribution >= 4 is 33.4 Å². The number of carbonyl (C=O) groups is 2. The minimum Gasteiger partial charge on any atom is -0.376 e. The molecule has 4 fully saturated rings. The van der Waals surface area contributed by atoms with E-state index in [-0.39, 0.29) is 59.0 Å². The number of benzene rings is 1. The molecule has 1 saturated carbocycles. The van der Waals surface area contributed by atoms with E-state index in [2.05, 4.69) is 29.8 Å². The molecule has 4 unspecified atom stereocenters. The number of piperazine rings is 1. The molecule has 12 heteroatoms. The summed E-state index contributed by atoms with van der Waals surface area (Å²) in [7, 11) is -3.26. The van der Waals surface area contributed by atoms with Gasteiger partial charge >= 0.3 is 0 Å². The van der Waals surface area contributed by atoms with E-state index in [4.69, 9.17) is 22.1 Å². The molecule has 0 radical (unpaired) electrons. The van der Waals surface area contributed by atoms with Gasteiger partial charge in [-0.05, 0) is 109 Å². The van der Waals surface area contributed by atoms with Crippen LogP contribution in [0.15, 0.2) is 24.3 Å². The van der Waals surface area contributed by atoms with E-state index >= 15 is 0 Å². The highest BCUT2D eigenvalue weighted by molar-refractivity contribution is 7.89. The molecule has 3 heterocycles. The summed E-state index contributed by atoms with van der Waals surface area (Å²) in [6.45, 7) is 9.21. The van der Waals surface area contributed by atoms with Crippen molar-refractivity contribution in [1.29, 1.82) is 0 Å². The molecule has 2 amide bonds. The third kappa shape index (κ3) is 8.63. The summed E-state index contributed by atoms with van der Waals surface area (Å²) in [4.78, 5) is 27.8. The van der Waals surface area contributed by atoms with E-state index in [0.717, 1.165) is 56.9 Å². The fraction of sp³-hybridized carbons (Fsp3) is 0.765. The second-order valence-electron chi connectivity index (χ2n) is 15.3. The van der Waals surface area contributed by atoms with Crippen LogP contribution in [0, 0.1) is 11.8 Å². The first-order chi connectivity index (χ1) is 21.6. The van der Waals surface area contributed by atoms with Crippen LogP contribution < -0.4 is 21.7 Å². The Morgan fingerprint density at radius 3 is 2.57 bits per heavy atom. The summed E-state index contributed by atoms with van der Waals surface area (Å²) < 4.78 is 33.8. The molecule has 3 aliphatic heterocycles. The zero-order valence-corrected chi connectivity index (χ0v) is 29.5. The number of hydrogen-bond acceptors (Lipinski definition) is 7. The summed E-state index contributed by atoms with van der Waals surface area (Å²) in [6.07, 6.45) is 7.46. The van der Waals surface area contributed by atoms with Gasteiger partial charge in [0.05, 0.1) is 16.9 Å². The first-order valence-electron chi connectivity index (χ1n) is 17.2. The Kier molecular flexibility index (Phi) is 11.1. The fourth-order valence-corrected chi connectivity index (χ4v) is 10.1. The molecular weight excluding hydrogens is 626 g/mol. The van der Waals surface area contributed by atoms with Crippen LogP contribution >= 0.6 is 11.6 Å². The quantitative estimate of drug-likeness (QED) is 0.296. The second-order valence-corrected chi connectivity index (χ2v) is 17.8. The number of amides is 2. The van der Waals surface area contributed by atoms with E-state index in [1.807, 2.05) is 24.3 Å². The molecule has 3 saturated heterocycles. The number of ether oxygens (including phenoxy) is 1. The SMILES string of the molecule is CC1(C)CC(C(c2ccc(Cl)cc2)C(NC(=O)C(C)(C)N)C(=O)N[C@H]2CCC[C@@H]2CC[C@H]2CN[C@@H]3CCCS(=O)(=O)N2C3)CCO1. The van der Waals surface area contributed by atoms with Gasteiger partial charge in [0.15, 0.2) is 0 Å². The van der Waals surface area contributed by atoms with Crippen LogP contribution in [0.5, 0.6) is 0 Å². The number of nitrogens with one attached hydrogen (secondary N) is 3. The summed E-state index contributed by atoms with van der Waals surface area (Å²) in [5.41, 5.74) is 5.64. The smallest absolute Gasteiger partial charge is 0.243 e. The third-order valence-corrected chi connectivity index (χ3v) is 12.8. The van der Waals surface area contributed by atoms with Crippen molar-refractivity contribution in [1.82, 2.24) is 20.3 Å². The third-order valence-electron chi connectivity index (χ3n) is 10.6. The standard InChI is InChI=1S/C34H54ClN5O5S/c1-33(2)19-24(16-17-45-33)29(23-10-13-25(35)14-11-23)30(39-32(42)34(3,4)36)31(41)38-28-9-5-7-22(28)12-15-27-20-37-26-8-6-18-46(43,44)40(27)21-26/h10-11,13-14,22,24,26-30,37H,5-9,12,15-21,36H2,1-4H3,(H,38,41)(H,39,42)/t22-,24?,26-,27+,28+,29?,30?/m1/s1. The maximum Gasteiger partial charge on any atom is 0.243 e. The van der Waals surface area contributed by atoms with Crippen LogP contribution in [0.1, 0.15) is 97.0 Å². The van der Waals surface area contributed by atoms with Crippen LogP contribution in [0.4, 0.5) is 0 Å². The van der Waals surface area contributed by atoms with Gasteiger partial charge in [0.25, 0.3) is 0 Å². The van der Waals surface area contributed by atoms with Gasteiger partial charge < -0.3 is 26.4 Å². The highest BCUT2D eigenvalue weighted by Crippen LogP contribution is 2.41. The summed E-state index contributed by atoms with van der Waals surface area (Å²) in [5.74, 6) is -0.399. The Hall–Kier alpha value is -1.76. The van der Waals surface area contributed by atoms with E-state index in [9.17, 15) is 18.0 Å². The molecule has 0 spiro atoms. The Morgan fingerprint density at radius 1 is 1.13 bits per heavy atom. The fourth-order valence-electron chi connectivity index (χ4n) is 8.15. The highest BCUT2D eigenvalue weighted by atomic mass is 35.5. The topological polar surface area (TPSA) is 143 Å². The number of fused-ring (bicyclic) bond motifs is 2. The van der Waals surface area contributed by atoms with Gasteiger partial charge in [-0.2, -0.15) is 4.31 Å². The first kappa shape index (κ1) is 35.5. The minimum absolute atomic E-state index is 0.0557. The van der Waals surface area contributed by atoms with E-state index < -0.39 is 21.6 Å². The zero-order chi connectivity index (χ0) is 33.3. The number of sulfonamides is 1. The maximum atomic E-state index is 14.4. The number of nitrogens with two attached hydrogens (primary N) is 1. The lowest BCUT2D eigenvalue weighted by molar-refractivity contribution is -0.133. The van der Waals surface area contributed by atoms with Crippen molar-refractivity contribution in [2.24, 2.45) is 17.6 Å². The van der Waals surface area contributed by atoms with Crippen LogP contribution in [-0.4, -0.2) is 85.3 Å². The summed E-state index contributed by atoms with van der Waals surface area (Å²) in [5, 5.41) is 10.6. The van der Waals surface area contributed by atoms with Crippen LogP contribution in [-0.2, 0) is 24.3 Å². The van der Waals surface area contributed by atoms with Crippen molar-refractivity contribution in [2.75, 3.05) is 25.4 Å². The summed E-state index contributed by atoms with van der Waals surface area (Å²) >= 11 is 6.28. The number of halogens is 1. The zero-order valence-electron chi connectivity index (χ0n) is 27.9. The average molecular weight is 680 g/mol. The molecular formula is C34H54ClN5O5S. The lowest BCUT2D eigenvalue weighted by atomic mass is 9.72. The average Bonchev–Trinajstić information content (AvgIpc) is 3.37.